The number of ether oxygens (including phenoxy) is 1. The van der Waals surface area contributed by atoms with Gasteiger partial charge in [0.15, 0.2) is 6.10 Å². The van der Waals surface area contributed by atoms with E-state index in [0.717, 1.165) is 5.69 Å². The first-order valence-corrected chi connectivity index (χ1v) is 7.07. The monoisotopic (exact) mass is 324 g/mol. The van der Waals surface area contributed by atoms with Crippen molar-refractivity contribution in [3.63, 3.8) is 0 Å². The molecule has 6 heteroatoms. The van der Waals surface area contributed by atoms with Crippen molar-refractivity contribution in [3.8, 4) is 5.75 Å². The summed E-state index contributed by atoms with van der Waals surface area (Å²) >= 11 is 11.8. The lowest BCUT2D eigenvalue weighted by molar-refractivity contribution is -0.122. The fourth-order valence-corrected chi connectivity index (χ4v) is 2.11. The molecule has 1 heterocycles. The highest BCUT2D eigenvalue weighted by Crippen LogP contribution is 2.28. The van der Waals surface area contributed by atoms with Crippen LogP contribution in [0.1, 0.15) is 12.6 Å². The number of anilines is 1. The molecule has 0 fully saturated rings. The molecule has 110 valence electrons. The summed E-state index contributed by atoms with van der Waals surface area (Å²) < 4.78 is 5.53. The van der Waals surface area contributed by atoms with E-state index in [0.29, 0.717) is 21.6 Å². The average Bonchev–Trinajstić information content (AvgIpc) is 2.41. The van der Waals surface area contributed by atoms with Gasteiger partial charge in [-0.3, -0.25) is 4.79 Å². The Balaban J connectivity index is 2.02. The Labute approximate surface area is 133 Å². The van der Waals surface area contributed by atoms with E-state index >= 15 is 0 Å². The number of nitrogens with zero attached hydrogens (tertiary/aromatic N) is 1. The second-order valence-electron chi connectivity index (χ2n) is 4.49. The van der Waals surface area contributed by atoms with Crippen LogP contribution in [-0.4, -0.2) is 17.0 Å². The van der Waals surface area contributed by atoms with E-state index in [-0.39, 0.29) is 5.91 Å². The summed E-state index contributed by atoms with van der Waals surface area (Å²) in [6, 6.07) is 10.2. The standard InChI is InChI=1S/C15H14Cl2N2O2/c1-9-4-3-5-14(18-9)19-15(20)10(2)21-13-7-6-11(16)8-12(13)17/h3-8,10H,1-2H3,(H,18,19,20)/t10-/m0/s1. The fourth-order valence-electron chi connectivity index (χ4n) is 1.66. The van der Waals surface area contributed by atoms with Crippen molar-refractivity contribution >= 4 is 34.9 Å². The Morgan fingerprint density at radius 1 is 1.29 bits per heavy atom. The van der Waals surface area contributed by atoms with E-state index in [2.05, 4.69) is 10.3 Å². The molecule has 0 spiro atoms. The first-order chi connectivity index (χ1) is 9.95. The summed E-state index contributed by atoms with van der Waals surface area (Å²) in [7, 11) is 0. The molecule has 2 rings (SSSR count). The number of carbonyl (C=O) groups is 1. The number of benzene rings is 1. The number of aryl methyl sites for hydroxylation is 1. The van der Waals surface area contributed by atoms with Crippen LogP contribution in [0.3, 0.4) is 0 Å². The van der Waals surface area contributed by atoms with Crippen LogP contribution < -0.4 is 10.1 Å². The van der Waals surface area contributed by atoms with Gasteiger partial charge in [0.05, 0.1) is 5.02 Å². The number of carbonyl (C=O) groups excluding carboxylic acids is 1. The van der Waals surface area contributed by atoms with Crippen LogP contribution in [-0.2, 0) is 4.79 Å². The van der Waals surface area contributed by atoms with Gasteiger partial charge >= 0.3 is 0 Å². The van der Waals surface area contributed by atoms with Gasteiger partial charge in [-0.1, -0.05) is 29.3 Å². The minimum Gasteiger partial charge on any atom is -0.479 e. The van der Waals surface area contributed by atoms with Gasteiger partial charge in [-0.15, -0.1) is 0 Å². The van der Waals surface area contributed by atoms with Crippen molar-refractivity contribution in [1.82, 2.24) is 4.98 Å². The predicted molar refractivity (Wildman–Crippen MR) is 84.2 cm³/mol. The van der Waals surface area contributed by atoms with Crippen LogP contribution in [0.4, 0.5) is 5.82 Å². The molecule has 1 amide bonds. The molecule has 0 unspecified atom stereocenters. The molecule has 2 aromatic rings. The van der Waals surface area contributed by atoms with Crippen LogP contribution in [0.5, 0.6) is 5.75 Å². The highest BCUT2D eigenvalue weighted by Gasteiger charge is 2.16. The summed E-state index contributed by atoms with van der Waals surface area (Å²) in [5, 5.41) is 3.55. The van der Waals surface area contributed by atoms with E-state index in [9.17, 15) is 4.79 Å². The van der Waals surface area contributed by atoms with Crippen molar-refractivity contribution in [2.24, 2.45) is 0 Å². The third-order valence-electron chi connectivity index (χ3n) is 2.71. The molecule has 4 nitrogen and oxygen atoms in total. The van der Waals surface area contributed by atoms with Crippen molar-refractivity contribution in [1.29, 1.82) is 0 Å². The Morgan fingerprint density at radius 3 is 2.71 bits per heavy atom. The van der Waals surface area contributed by atoms with Crippen molar-refractivity contribution in [2.75, 3.05) is 5.32 Å². The number of halogens is 2. The smallest absolute Gasteiger partial charge is 0.266 e. The molecule has 1 aromatic heterocycles. The third-order valence-corrected chi connectivity index (χ3v) is 3.24. The molecule has 0 bridgehead atoms. The summed E-state index contributed by atoms with van der Waals surface area (Å²) in [6.45, 7) is 3.49. The molecular weight excluding hydrogens is 311 g/mol. The van der Waals surface area contributed by atoms with Crippen LogP contribution in [0.25, 0.3) is 0 Å². The minimum atomic E-state index is -0.717. The van der Waals surface area contributed by atoms with Crippen molar-refractivity contribution in [2.45, 2.75) is 20.0 Å². The molecular formula is C15H14Cl2N2O2. The van der Waals surface area contributed by atoms with Gasteiger partial charge in [-0.2, -0.15) is 0 Å². The molecule has 0 aliphatic heterocycles. The van der Waals surface area contributed by atoms with Crippen molar-refractivity contribution in [3.05, 3.63) is 52.1 Å². The molecule has 0 saturated carbocycles. The van der Waals surface area contributed by atoms with E-state index in [1.807, 2.05) is 19.1 Å². The lowest BCUT2D eigenvalue weighted by Crippen LogP contribution is -2.30. The SMILES string of the molecule is Cc1cccc(NC(=O)[C@H](C)Oc2ccc(Cl)cc2Cl)n1. The largest absolute Gasteiger partial charge is 0.479 e. The van der Waals surface area contributed by atoms with Crippen LogP contribution >= 0.6 is 23.2 Å². The second-order valence-corrected chi connectivity index (χ2v) is 5.33. The maximum atomic E-state index is 12.1. The quantitative estimate of drug-likeness (QED) is 0.921. The van der Waals surface area contributed by atoms with Gasteiger partial charge in [0.25, 0.3) is 5.91 Å². The molecule has 0 radical (unpaired) electrons. The predicted octanol–water partition coefficient (Wildman–Crippen LogP) is 4.10. The first kappa shape index (κ1) is 15.6. The highest BCUT2D eigenvalue weighted by atomic mass is 35.5. The topological polar surface area (TPSA) is 51.2 Å². The van der Waals surface area contributed by atoms with Gasteiger partial charge in [-0.05, 0) is 44.2 Å². The number of hydrogen-bond donors (Lipinski definition) is 1. The van der Waals surface area contributed by atoms with Gasteiger partial charge < -0.3 is 10.1 Å². The van der Waals surface area contributed by atoms with Gasteiger partial charge in [0.1, 0.15) is 11.6 Å². The lowest BCUT2D eigenvalue weighted by atomic mass is 10.3. The molecule has 1 aromatic carbocycles. The molecule has 0 saturated heterocycles. The molecule has 0 aliphatic rings. The molecule has 0 aliphatic carbocycles. The number of rotatable bonds is 4. The molecule has 1 N–H and O–H groups in total. The summed E-state index contributed by atoms with van der Waals surface area (Å²) in [5.74, 6) is 0.581. The summed E-state index contributed by atoms with van der Waals surface area (Å²) in [4.78, 5) is 16.3. The lowest BCUT2D eigenvalue weighted by Gasteiger charge is -2.15. The Morgan fingerprint density at radius 2 is 2.05 bits per heavy atom. The number of hydrogen-bond acceptors (Lipinski definition) is 3. The van der Waals surface area contributed by atoms with Gasteiger partial charge in [0, 0.05) is 10.7 Å². The minimum absolute atomic E-state index is 0.306. The highest BCUT2D eigenvalue weighted by molar-refractivity contribution is 6.35. The molecule has 1 atom stereocenters. The number of amides is 1. The Bertz CT molecular complexity index is 662. The fraction of sp³-hybridized carbons (Fsp3) is 0.200. The van der Waals surface area contributed by atoms with Crippen LogP contribution in [0.2, 0.25) is 10.0 Å². The van der Waals surface area contributed by atoms with E-state index < -0.39 is 6.10 Å². The summed E-state index contributed by atoms with van der Waals surface area (Å²) in [6.07, 6.45) is -0.717. The summed E-state index contributed by atoms with van der Waals surface area (Å²) in [5.41, 5.74) is 0.821. The normalized spacial score (nSPS) is 11.8. The Hall–Kier alpha value is -1.78. The number of aromatic nitrogens is 1. The first-order valence-electron chi connectivity index (χ1n) is 6.32. The third kappa shape index (κ3) is 4.34. The number of nitrogens with one attached hydrogen (secondary N) is 1. The molecule has 21 heavy (non-hydrogen) atoms. The van der Waals surface area contributed by atoms with E-state index in [1.54, 1.807) is 31.2 Å². The van der Waals surface area contributed by atoms with Crippen LogP contribution in [0, 0.1) is 6.92 Å². The van der Waals surface area contributed by atoms with E-state index in [4.69, 9.17) is 27.9 Å². The zero-order valence-corrected chi connectivity index (χ0v) is 13.1. The van der Waals surface area contributed by atoms with E-state index in [1.165, 1.54) is 0 Å². The zero-order valence-electron chi connectivity index (χ0n) is 11.6. The van der Waals surface area contributed by atoms with Gasteiger partial charge in [-0.25, -0.2) is 4.98 Å². The second kappa shape index (κ2) is 6.78. The maximum absolute atomic E-state index is 12.1. The average molecular weight is 325 g/mol. The zero-order chi connectivity index (χ0) is 15.4. The van der Waals surface area contributed by atoms with Crippen LogP contribution in [0.15, 0.2) is 36.4 Å². The Kier molecular flexibility index (Phi) is 5.04. The van der Waals surface area contributed by atoms with Gasteiger partial charge in [0.2, 0.25) is 0 Å². The number of pyridine rings is 1. The van der Waals surface area contributed by atoms with Crippen molar-refractivity contribution < 1.29 is 9.53 Å². The maximum Gasteiger partial charge on any atom is 0.266 e.